The Kier molecular flexibility index (Phi) is 6.24. The minimum absolute atomic E-state index is 0.341. The number of benzene rings is 2. The van der Waals surface area contributed by atoms with Gasteiger partial charge in [-0.15, -0.1) is 11.6 Å². The summed E-state index contributed by atoms with van der Waals surface area (Å²) in [7, 11) is 0. The summed E-state index contributed by atoms with van der Waals surface area (Å²) in [6.45, 7) is 2.75. The molecule has 0 N–H and O–H groups in total. The Morgan fingerprint density at radius 1 is 1.14 bits per heavy atom. The fraction of sp³-hybridized carbons (Fsp3) is 0.250. The molecule has 1 unspecified atom stereocenters. The lowest BCUT2D eigenvalue weighted by atomic mass is 10.0. The topological polar surface area (TPSA) is 9.23 Å². The van der Waals surface area contributed by atoms with Crippen molar-refractivity contribution in [1.82, 2.24) is 0 Å². The number of hydrogen-bond acceptors (Lipinski definition) is 1. The van der Waals surface area contributed by atoms with E-state index in [-0.39, 0.29) is 5.38 Å². The van der Waals surface area contributed by atoms with Gasteiger partial charge in [0.05, 0.1) is 16.5 Å². The molecule has 21 heavy (non-hydrogen) atoms. The van der Waals surface area contributed by atoms with Gasteiger partial charge in [0, 0.05) is 10.0 Å². The van der Waals surface area contributed by atoms with Crippen LogP contribution in [0.3, 0.4) is 0 Å². The third-order valence-corrected chi connectivity index (χ3v) is 4.62. The van der Waals surface area contributed by atoms with E-state index in [0.717, 1.165) is 27.8 Å². The fourth-order valence-corrected chi connectivity index (χ4v) is 3.30. The number of rotatable bonds is 5. The summed E-state index contributed by atoms with van der Waals surface area (Å²) in [6.07, 6.45) is 0.965. The third kappa shape index (κ3) is 4.29. The average molecular weight is 409 g/mol. The van der Waals surface area contributed by atoms with E-state index >= 15 is 0 Å². The standard InChI is InChI=1S/C16H14BrCl3O/c1-2-7-21-15-6-3-10(8-13(15)17)16(20)12-5-4-11(18)9-14(12)19/h3-6,8-9,16H,2,7H2,1H3. The normalized spacial score (nSPS) is 12.2. The van der Waals surface area contributed by atoms with Gasteiger partial charge in [0.15, 0.2) is 0 Å². The zero-order valence-electron chi connectivity index (χ0n) is 11.4. The molecule has 0 aliphatic carbocycles. The summed E-state index contributed by atoms with van der Waals surface area (Å²) in [5.74, 6) is 0.812. The van der Waals surface area contributed by atoms with E-state index in [0.29, 0.717) is 16.7 Å². The molecule has 112 valence electrons. The minimum Gasteiger partial charge on any atom is -0.492 e. The van der Waals surface area contributed by atoms with Crippen LogP contribution in [-0.4, -0.2) is 6.61 Å². The number of hydrogen-bond donors (Lipinski definition) is 0. The third-order valence-electron chi connectivity index (χ3n) is 2.95. The molecule has 0 aromatic heterocycles. The van der Waals surface area contributed by atoms with Crippen molar-refractivity contribution in [1.29, 1.82) is 0 Å². The quantitative estimate of drug-likeness (QED) is 0.490. The van der Waals surface area contributed by atoms with Crippen molar-refractivity contribution < 1.29 is 4.74 Å². The molecule has 5 heteroatoms. The van der Waals surface area contributed by atoms with Gasteiger partial charge in [-0.05, 0) is 57.7 Å². The van der Waals surface area contributed by atoms with Crippen molar-refractivity contribution >= 4 is 50.7 Å². The first-order valence-corrected chi connectivity index (χ1v) is 8.52. The Bertz CT molecular complexity index is 631. The van der Waals surface area contributed by atoms with Crippen molar-refractivity contribution in [2.75, 3.05) is 6.61 Å². The maximum atomic E-state index is 6.53. The van der Waals surface area contributed by atoms with Gasteiger partial charge in [-0.2, -0.15) is 0 Å². The highest BCUT2D eigenvalue weighted by Crippen LogP contribution is 2.37. The molecular formula is C16H14BrCl3O. The molecule has 2 aromatic rings. The largest absolute Gasteiger partial charge is 0.492 e. The molecular weight excluding hydrogens is 394 g/mol. The van der Waals surface area contributed by atoms with Crippen LogP contribution < -0.4 is 4.74 Å². The van der Waals surface area contributed by atoms with Crippen LogP contribution in [0.15, 0.2) is 40.9 Å². The highest BCUT2D eigenvalue weighted by molar-refractivity contribution is 9.10. The van der Waals surface area contributed by atoms with E-state index in [4.69, 9.17) is 39.5 Å². The molecule has 2 aromatic carbocycles. The van der Waals surface area contributed by atoms with E-state index < -0.39 is 0 Å². The molecule has 1 atom stereocenters. The second-order valence-electron chi connectivity index (χ2n) is 4.57. The van der Waals surface area contributed by atoms with Gasteiger partial charge >= 0.3 is 0 Å². The maximum Gasteiger partial charge on any atom is 0.133 e. The maximum absolute atomic E-state index is 6.53. The molecule has 0 aliphatic heterocycles. The summed E-state index contributed by atoms with van der Waals surface area (Å²) < 4.78 is 6.51. The van der Waals surface area contributed by atoms with Gasteiger partial charge in [0.2, 0.25) is 0 Å². The lowest BCUT2D eigenvalue weighted by molar-refractivity contribution is 0.315. The highest BCUT2D eigenvalue weighted by Gasteiger charge is 2.16. The lowest BCUT2D eigenvalue weighted by Crippen LogP contribution is -1.98. The molecule has 0 saturated carbocycles. The van der Waals surface area contributed by atoms with E-state index in [2.05, 4.69) is 22.9 Å². The van der Waals surface area contributed by atoms with E-state index in [1.807, 2.05) is 24.3 Å². The zero-order valence-corrected chi connectivity index (χ0v) is 15.2. The van der Waals surface area contributed by atoms with E-state index in [9.17, 15) is 0 Å². The Labute approximate surface area is 148 Å². The second-order valence-corrected chi connectivity index (χ2v) is 6.70. The molecule has 0 bridgehead atoms. The SMILES string of the molecule is CCCOc1ccc(C(Cl)c2ccc(Cl)cc2Cl)cc1Br. The Hall–Kier alpha value is -0.410. The predicted molar refractivity (Wildman–Crippen MR) is 94.1 cm³/mol. The van der Waals surface area contributed by atoms with Crippen molar-refractivity contribution in [3.63, 3.8) is 0 Å². The van der Waals surface area contributed by atoms with E-state index in [1.165, 1.54) is 0 Å². The highest BCUT2D eigenvalue weighted by atomic mass is 79.9. The average Bonchev–Trinajstić information content (AvgIpc) is 2.45. The number of ether oxygens (including phenoxy) is 1. The van der Waals surface area contributed by atoms with Crippen LogP contribution in [0.4, 0.5) is 0 Å². The molecule has 0 radical (unpaired) electrons. The Morgan fingerprint density at radius 2 is 1.90 bits per heavy atom. The summed E-state index contributed by atoms with van der Waals surface area (Å²) in [5.41, 5.74) is 1.77. The summed E-state index contributed by atoms with van der Waals surface area (Å²) >= 11 is 22.2. The first-order valence-electron chi connectivity index (χ1n) is 6.54. The molecule has 2 rings (SSSR count). The van der Waals surface area contributed by atoms with Crippen LogP contribution >= 0.6 is 50.7 Å². The molecule has 0 heterocycles. The van der Waals surface area contributed by atoms with Gasteiger partial charge < -0.3 is 4.74 Å². The number of alkyl halides is 1. The van der Waals surface area contributed by atoms with Crippen molar-refractivity contribution in [2.45, 2.75) is 18.7 Å². The van der Waals surface area contributed by atoms with Crippen LogP contribution in [0.5, 0.6) is 5.75 Å². The molecule has 0 saturated heterocycles. The van der Waals surface area contributed by atoms with Crippen LogP contribution in [0.25, 0.3) is 0 Å². The Morgan fingerprint density at radius 3 is 2.52 bits per heavy atom. The molecule has 0 amide bonds. The van der Waals surface area contributed by atoms with Crippen LogP contribution in [0.2, 0.25) is 10.0 Å². The van der Waals surface area contributed by atoms with Gasteiger partial charge in [0.25, 0.3) is 0 Å². The second kappa shape index (κ2) is 7.73. The smallest absolute Gasteiger partial charge is 0.133 e. The summed E-state index contributed by atoms with van der Waals surface area (Å²) in [5, 5.41) is 0.813. The van der Waals surface area contributed by atoms with Crippen molar-refractivity contribution in [2.24, 2.45) is 0 Å². The van der Waals surface area contributed by atoms with Gasteiger partial charge in [0.1, 0.15) is 5.75 Å². The van der Waals surface area contributed by atoms with Crippen LogP contribution in [-0.2, 0) is 0 Å². The molecule has 0 fully saturated rings. The van der Waals surface area contributed by atoms with Gasteiger partial charge in [-0.3, -0.25) is 0 Å². The van der Waals surface area contributed by atoms with Gasteiger partial charge in [-0.1, -0.05) is 42.3 Å². The van der Waals surface area contributed by atoms with Crippen molar-refractivity contribution in [3.05, 3.63) is 62.0 Å². The molecule has 0 aliphatic rings. The fourth-order valence-electron chi connectivity index (χ4n) is 1.89. The first kappa shape index (κ1) is 17.0. The van der Waals surface area contributed by atoms with E-state index in [1.54, 1.807) is 12.1 Å². The summed E-state index contributed by atoms with van der Waals surface area (Å²) in [6, 6.07) is 11.1. The van der Waals surface area contributed by atoms with Crippen molar-refractivity contribution in [3.8, 4) is 5.75 Å². The molecule has 1 nitrogen and oxygen atoms in total. The summed E-state index contributed by atoms with van der Waals surface area (Å²) in [4.78, 5) is 0. The van der Waals surface area contributed by atoms with Crippen LogP contribution in [0.1, 0.15) is 29.8 Å². The van der Waals surface area contributed by atoms with Crippen LogP contribution in [0, 0.1) is 0 Å². The zero-order chi connectivity index (χ0) is 15.4. The Balaban J connectivity index is 2.27. The van der Waals surface area contributed by atoms with Gasteiger partial charge in [-0.25, -0.2) is 0 Å². The lowest BCUT2D eigenvalue weighted by Gasteiger charge is -2.14. The number of halogens is 4. The minimum atomic E-state index is -0.341. The predicted octanol–water partition coefficient (Wildman–Crippen LogP) is 6.87. The molecule has 0 spiro atoms. The first-order chi connectivity index (χ1) is 10.0. The monoisotopic (exact) mass is 406 g/mol.